The number of benzene rings is 3. The van der Waals surface area contributed by atoms with Gasteiger partial charge in [0, 0.05) is 55.9 Å². The predicted octanol–water partition coefficient (Wildman–Crippen LogP) is 5.99. The summed E-state index contributed by atoms with van der Waals surface area (Å²) in [6, 6.07) is 23.9. The van der Waals surface area contributed by atoms with Crippen molar-refractivity contribution in [1.29, 1.82) is 0 Å². The lowest BCUT2D eigenvalue weighted by Gasteiger charge is -2.35. The van der Waals surface area contributed by atoms with E-state index in [0.717, 1.165) is 84.3 Å². The number of likely N-dealkylation sites (N-methyl/N-ethyl adjacent to an activating group) is 1. The molecular weight excluding hydrogens is 512 g/mol. The number of hydrogen-bond acceptors (Lipinski definition) is 5. The Bertz CT molecular complexity index is 1650. The molecule has 0 radical (unpaired) electrons. The second kappa shape index (κ2) is 11.5. The minimum absolute atomic E-state index is 0.190. The molecule has 0 aliphatic carbocycles. The first-order chi connectivity index (χ1) is 20.0. The van der Waals surface area contributed by atoms with E-state index >= 15 is 0 Å². The summed E-state index contributed by atoms with van der Waals surface area (Å²) in [6.07, 6.45) is 0.921. The first kappa shape index (κ1) is 26.6. The Labute approximate surface area is 240 Å². The Kier molecular flexibility index (Phi) is 7.43. The molecule has 0 unspecified atom stereocenters. The highest BCUT2D eigenvalue weighted by molar-refractivity contribution is 6.01. The molecule has 3 aromatic carbocycles. The number of urea groups is 1. The molecule has 1 saturated heterocycles. The SMILES string of the molecule is CCc1cccc(NC(=O)N(C)c2ccc(-c3cc(-c4nc5ccc(N6CCN(CC)CC6)cc5[nH]4)[nH]n3)cc2)c1. The molecule has 0 spiro atoms. The Morgan fingerprint density at radius 2 is 1.78 bits per heavy atom. The Hall–Kier alpha value is -4.63. The van der Waals surface area contributed by atoms with E-state index in [1.807, 2.05) is 48.5 Å². The molecule has 6 rings (SSSR count). The predicted molar refractivity (Wildman–Crippen MR) is 167 cm³/mol. The molecule has 41 heavy (non-hydrogen) atoms. The monoisotopic (exact) mass is 548 g/mol. The molecule has 1 fully saturated rings. The van der Waals surface area contributed by atoms with Crippen molar-refractivity contribution < 1.29 is 4.79 Å². The Balaban J connectivity index is 1.13. The zero-order valence-corrected chi connectivity index (χ0v) is 23.8. The van der Waals surface area contributed by atoms with Crippen LogP contribution in [0.15, 0.2) is 72.8 Å². The lowest BCUT2D eigenvalue weighted by atomic mass is 10.1. The molecule has 0 bridgehead atoms. The van der Waals surface area contributed by atoms with Gasteiger partial charge in [-0.1, -0.05) is 38.1 Å². The zero-order valence-electron chi connectivity index (χ0n) is 23.8. The number of fused-ring (bicyclic) bond motifs is 1. The van der Waals surface area contributed by atoms with Crippen LogP contribution in [0, 0.1) is 0 Å². The highest BCUT2D eigenvalue weighted by Gasteiger charge is 2.18. The highest BCUT2D eigenvalue weighted by atomic mass is 16.2. The Morgan fingerprint density at radius 1 is 0.976 bits per heavy atom. The topological polar surface area (TPSA) is 96.2 Å². The molecule has 9 nitrogen and oxygen atoms in total. The van der Waals surface area contributed by atoms with Crippen molar-refractivity contribution in [2.45, 2.75) is 20.3 Å². The van der Waals surface area contributed by atoms with Crippen LogP contribution in [0.2, 0.25) is 0 Å². The molecule has 0 atom stereocenters. The summed E-state index contributed by atoms with van der Waals surface area (Å²) in [4.78, 5) is 27.6. The second-order valence-corrected chi connectivity index (χ2v) is 10.5. The van der Waals surface area contributed by atoms with Crippen molar-refractivity contribution in [1.82, 2.24) is 25.1 Å². The standard InChI is InChI=1S/C32H36N8O/c1-4-22-7-6-8-24(19-22)33-32(41)38(3)25-11-9-23(10-12-25)28-21-30(37-36-28)31-34-27-14-13-26(20-29(27)35-31)40-17-15-39(5-2)16-18-40/h6-14,19-21H,4-5,15-18H2,1-3H3,(H,33,41)(H,34,35)(H,36,37). The number of H-pyrrole nitrogens is 2. The molecular formula is C32H36N8O. The fraction of sp³-hybridized carbons (Fsp3) is 0.281. The summed E-state index contributed by atoms with van der Waals surface area (Å²) in [5.74, 6) is 0.756. The second-order valence-electron chi connectivity index (χ2n) is 10.5. The van der Waals surface area contributed by atoms with Crippen molar-refractivity contribution in [3.8, 4) is 22.8 Å². The van der Waals surface area contributed by atoms with Crippen LogP contribution in [-0.4, -0.2) is 70.9 Å². The number of piperazine rings is 1. The van der Waals surface area contributed by atoms with Crippen molar-refractivity contribution >= 4 is 34.1 Å². The van der Waals surface area contributed by atoms with Gasteiger partial charge in [0.25, 0.3) is 0 Å². The minimum Gasteiger partial charge on any atom is -0.369 e. The lowest BCUT2D eigenvalue weighted by molar-refractivity contribution is 0.258. The van der Waals surface area contributed by atoms with Crippen LogP contribution >= 0.6 is 0 Å². The van der Waals surface area contributed by atoms with E-state index < -0.39 is 0 Å². The quantitative estimate of drug-likeness (QED) is 0.232. The number of nitrogens with one attached hydrogen (secondary N) is 3. The van der Waals surface area contributed by atoms with Crippen LogP contribution in [0.5, 0.6) is 0 Å². The van der Waals surface area contributed by atoms with Gasteiger partial charge in [-0.25, -0.2) is 9.78 Å². The van der Waals surface area contributed by atoms with Crippen LogP contribution in [0.4, 0.5) is 21.9 Å². The van der Waals surface area contributed by atoms with Gasteiger partial charge in [-0.3, -0.25) is 10.00 Å². The number of carbonyl (C=O) groups excluding carboxylic acids is 1. The maximum atomic E-state index is 12.8. The van der Waals surface area contributed by atoms with Crippen molar-refractivity contribution in [2.75, 3.05) is 54.9 Å². The number of anilines is 3. The van der Waals surface area contributed by atoms with E-state index in [1.54, 1.807) is 11.9 Å². The third-order valence-electron chi connectivity index (χ3n) is 7.92. The smallest absolute Gasteiger partial charge is 0.326 e. The number of imidazole rings is 1. The molecule has 3 heterocycles. The number of aryl methyl sites for hydroxylation is 1. The molecule has 1 aliphatic heterocycles. The van der Waals surface area contributed by atoms with Gasteiger partial charge in [0.15, 0.2) is 5.82 Å². The molecule has 0 saturated carbocycles. The molecule has 3 N–H and O–H groups in total. The summed E-state index contributed by atoms with van der Waals surface area (Å²) in [5.41, 5.74) is 8.51. The van der Waals surface area contributed by atoms with E-state index in [0.29, 0.717) is 0 Å². The van der Waals surface area contributed by atoms with Crippen LogP contribution < -0.4 is 15.1 Å². The summed E-state index contributed by atoms with van der Waals surface area (Å²) in [6.45, 7) is 9.69. The summed E-state index contributed by atoms with van der Waals surface area (Å²) >= 11 is 0. The highest BCUT2D eigenvalue weighted by Crippen LogP contribution is 2.28. The van der Waals surface area contributed by atoms with Gasteiger partial charge in [-0.2, -0.15) is 5.10 Å². The molecule has 5 aromatic rings. The van der Waals surface area contributed by atoms with Crippen LogP contribution in [0.3, 0.4) is 0 Å². The Morgan fingerprint density at radius 3 is 2.54 bits per heavy atom. The zero-order chi connectivity index (χ0) is 28.3. The average Bonchev–Trinajstić information content (AvgIpc) is 3.68. The molecule has 2 aromatic heterocycles. The van der Waals surface area contributed by atoms with Gasteiger partial charge in [0.2, 0.25) is 0 Å². The van der Waals surface area contributed by atoms with Crippen molar-refractivity contribution in [3.05, 3.63) is 78.4 Å². The maximum Gasteiger partial charge on any atom is 0.326 e. The maximum absolute atomic E-state index is 12.8. The number of carbonyl (C=O) groups is 1. The number of amides is 2. The number of aromatic nitrogens is 4. The normalized spacial score (nSPS) is 14.0. The fourth-order valence-corrected chi connectivity index (χ4v) is 5.28. The van der Waals surface area contributed by atoms with Crippen LogP contribution in [-0.2, 0) is 6.42 Å². The van der Waals surface area contributed by atoms with Crippen LogP contribution in [0.1, 0.15) is 19.4 Å². The van der Waals surface area contributed by atoms with Gasteiger partial charge in [-0.15, -0.1) is 0 Å². The third kappa shape index (κ3) is 5.67. The summed E-state index contributed by atoms with van der Waals surface area (Å²) in [5, 5.41) is 10.6. The van der Waals surface area contributed by atoms with Gasteiger partial charge >= 0.3 is 6.03 Å². The van der Waals surface area contributed by atoms with E-state index in [-0.39, 0.29) is 6.03 Å². The first-order valence-electron chi connectivity index (χ1n) is 14.3. The van der Waals surface area contributed by atoms with Crippen LogP contribution in [0.25, 0.3) is 33.8 Å². The summed E-state index contributed by atoms with van der Waals surface area (Å²) in [7, 11) is 1.76. The lowest BCUT2D eigenvalue weighted by Crippen LogP contribution is -2.46. The van der Waals surface area contributed by atoms with E-state index in [1.165, 1.54) is 11.3 Å². The number of aromatic amines is 2. The number of hydrogen-bond donors (Lipinski definition) is 3. The van der Waals surface area contributed by atoms with E-state index in [2.05, 4.69) is 68.4 Å². The summed E-state index contributed by atoms with van der Waals surface area (Å²) < 4.78 is 0. The van der Waals surface area contributed by atoms with Crippen molar-refractivity contribution in [3.63, 3.8) is 0 Å². The number of rotatable bonds is 7. The third-order valence-corrected chi connectivity index (χ3v) is 7.92. The first-order valence-corrected chi connectivity index (χ1v) is 14.3. The average molecular weight is 549 g/mol. The van der Waals surface area contributed by atoms with E-state index in [4.69, 9.17) is 4.98 Å². The van der Waals surface area contributed by atoms with Gasteiger partial charge in [0.1, 0.15) is 5.69 Å². The fourth-order valence-electron chi connectivity index (χ4n) is 5.28. The molecule has 9 heteroatoms. The molecule has 1 aliphatic rings. The molecule has 210 valence electrons. The largest absolute Gasteiger partial charge is 0.369 e. The van der Waals surface area contributed by atoms with Gasteiger partial charge < -0.3 is 20.1 Å². The van der Waals surface area contributed by atoms with Crippen molar-refractivity contribution in [2.24, 2.45) is 0 Å². The minimum atomic E-state index is -0.190. The number of nitrogens with zero attached hydrogens (tertiary/aromatic N) is 5. The van der Waals surface area contributed by atoms with E-state index in [9.17, 15) is 4.79 Å². The molecule has 2 amide bonds. The van der Waals surface area contributed by atoms with Gasteiger partial charge in [0.05, 0.1) is 16.7 Å². The van der Waals surface area contributed by atoms with Gasteiger partial charge in [-0.05, 0) is 67.1 Å².